The largest absolute Gasteiger partial charge is 0.573 e. The monoisotopic (exact) mass is 332 g/mol. The first-order chi connectivity index (χ1) is 10.8. The van der Waals surface area contributed by atoms with Crippen LogP contribution in [0, 0.1) is 5.92 Å². The van der Waals surface area contributed by atoms with Gasteiger partial charge in [0.1, 0.15) is 5.75 Å². The average Bonchev–Trinajstić information content (AvgIpc) is 2.44. The highest BCUT2D eigenvalue weighted by Crippen LogP contribution is 2.25. The lowest BCUT2D eigenvalue weighted by atomic mass is 9.87. The van der Waals surface area contributed by atoms with E-state index >= 15 is 0 Å². The van der Waals surface area contributed by atoms with Crippen molar-refractivity contribution in [2.24, 2.45) is 5.92 Å². The van der Waals surface area contributed by atoms with Crippen molar-refractivity contribution in [3.8, 4) is 5.75 Å². The van der Waals surface area contributed by atoms with Crippen LogP contribution in [0.25, 0.3) is 0 Å². The summed E-state index contributed by atoms with van der Waals surface area (Å²) in [6, 6.07) is 4.56. The van der Waals surface area contributed by atoms with E-state index in [4.69, 9.17) is 0 Å². The molecule has 8 heteroatoms. The van der Waals surface area contributed by atoms with Crippen LogP contribution in [0.15, 0.2) is 24.3 Å². The average molecular weight is 332 g/mol. The van der Waals surface area contributed by atoms with Crippen molar-refractivity contribution in [3.63, 3.8) is 0 Å². The second kappa shape index (κ2) is 7.54. The van der Waals surface area contributed by atoms with Gasteiger partial charge in [0.15, 0.2) is 0 Å². The van der Waals surface area contributed by atoms with Gasteiger partial charge in [0.05, 0.1) is 6.10 Å². The molecule has 23 heavy (non-hydrogen) atoms. The van der Waals surface area contributed by atoms with Crippen molar-refractivity contribution in [1.82, 2.24) is 5.32 Å². The molecular weight excluding hydrogens is 313 g/mol. The molecule has 0 aromatic heterocycles. The SMILES string of the molecule is O=C(NCC1CCCC(O)C1)Nc1cccc(OC(F)(F)F)c1. The molecule has 1 aliphatic carbocycles. The smallest absolute Gasteiger partial charge is 0.406 e. The van der Waals surface area contributed by atoms with E-state index in [1.54, 1.807) is 0 Å². The van der Waals surface area contributed by atoms with Gasteiger partial charge in [-0.05, 0) is 37.3 Å². The Bertz CT molecular complexity index is 537. The zero-order valence-electron chi connectivity index (χ0n) is 12.4. The highest BCUT2D eigenvalue weighted by atomic mass is 19.4. The van der Waals surface area contributed by atoms with E-state index in [-0.39, 0.29) is 17.7 Å². The van der Waals surface area contributed by atoms with Gasteiger partial charge in [-0.1, -0.05) is 12.5 Å². The number of aliphatic hydroxyl groups is 1. The fourth-order valence-corrected chi connectivity index (χ4v) is 2.63. The maximum atomic E-state index is 12.2. The van der Waals surface area contributed by atoms with Crippen LogP contribution in [0.2, 0.25) is 0 Å². The molecule has 0 radical (unpaired) electrons. The number of carbonyl (C=O) groups excluding carboxylic acids is 1. The number of benzene rings is 1. The van der Waals surface area contributed by atoms with Crippen LogP contribution in [0.3, 0.4) is 0 Å². The number of rotatable bonds is 4. The highest BCUT2D eigenvalue weighted by molar-refractivity contribution is 5.89. The third-order valence-corrected chi connectivity index (χ3v) is 3.63. The normalized spacial score (nSPS) is 21.6. The van der Waals surface area contributed by atoms with Gasteiger partial charge in [0, 0.05) is 18.3 Å². The molecule has 1 fully saturated rings. The van der Waals surface area contributed by atoms with E-state index in [9.17, 15) is 23.1 Å². The number of amides is 2. The molecule has 2 atom stereocenters. The van der Waals surface area contributed by atoms with E-state index < -0.39 is 18.1 Å². The summed E-state index contributed by atoms with van der Waals surface area (Å²) in [5, 5.41) is 14.7. The van der Waals surface area contributed by atoms with E-state index in [0.717, 1.165) is 31.4 Å². The minimum atomic E-state index is -4.78. The number of urea groups is 1. The summed E-state index contributed by atoms with van der Waals surface area (Å²) in [6.45, 7) is 0.418. The Morgan fingerprint density at radius 1 is 1.35 bits per heavy atom. The molecule has 1 aromatic rings. The Balaban J connectivity index is 1.81. The predicted molar refractivity (Wildman–Crippen MR) is 78.1 cm³/mol. The fraction of sp³-hybridized carbons (Fsp3) is 0.533. The molecule has 0 heterocycles. The Morgan fingerprint density at radius 3 is 2.83 bits per heavy atom. The van der Waals surface area contributed by atoms with Crippen molar-refractivity contribution in [3.05, 3.63) is 24.3 Å². The molecule has 3 N–H and O–H groups in total. The lowest BCUT2D eigenvalue weighted by molar-refractivity contribution is -0.274. The molecule has 0 bridgehead atoms. The Morgan fingerprint density at radius 2 is 2.13 bits per heavy atom. The van der Waals surface area contributed by atoms with Crippen molar-refractivity contribution >= 4 is 11.7 Å². The first kappa shape index (κ1) is 17.4. The van der Waals surface area contributed by atoms with Gasteiger partial charge >= 0.3 is 12.4 Å². The van der Waals surface area contributed by atoms with Gasteiger partial charge in [-0.3, -0.25) is 0 Å². The van der Waals surface area contributed by atoms with Crippen LogP contribution >= 0.6 is 0 Å². The molecular formula is C15H19F3N2O3. The van der Waals surface area contributed by atoms with E-state index in [1.165, 1.54) is 12.1 Å². The zero-order valence-corrected chi connectivity index (χ0v) is 12.4. The zero-order chi connectivity index (χ0) is 16.9. The van der Waals surface area contributed by atoms with Crippen molar-refractivity contribution in [2.45, 2.75) is 38.1 Å². The lowest BCUT2D eigenvalue weighted by Gasteiger charge is -2.25. The molecule has 5 nitrogen and oxygen atoms in total. The maximum absolute atomic E-state index is 12.2. The van der Waals surface area contributed by atoms with Crippen LogP contribution in [0.5, 0.6) is 5.75 Å². The molecule has 2 rings (SSSR count). The van der Waals surface area contributed by atoms with E-state index in [2.05, 4.69) is 15.4 Å². The highest BCUT2D eigenvalue weighted by Gasteiger charge is 2.31. The van der Waals surface area contributed by atoms with Gasteiger partial charge < -0.3 is 20.5 Å². The molecule has 1 saturated carbocycles. The Hall–Kier alpha value is -1.96. The Kier molecular flexibility index (Phi) is 5.70. The maximum Gasteiger partial charge on any atom is 0.573 e. The number of nitrogens with one attached hydrogen (secondary N) is 2. The molecule has 0 aliphatic heterocycles. The quantitative estimate of drug-likeness (QED) is 0.792. The van der Waals surface area contributed by atoms with Crippen LogP contribution < -0.4 is 15.4 Å². The Labute approximate surface area is 131 Å². The second-order valence-corrected chi connectivity index (χ2v) is 5.60. The number of carbonyl (C=O) groups is 1. The number of halogens is 3. The fourth-order valence-electron chi connectivity index (χ4n) is 2.63. The summed E-state index contributed by atoms with van der Waals surface area (Å²) in [6.07, 6.45) is -1.81. The van der Waals surface area contributed by atoms with Crippen molar-refractivity contribution in [1.29, 1.82) is 0 Å². The number of hydrogen-bond donors (Lipinski definition) is 3. The van der Waals surface area contributed by atoms with E-state index in [1.807, 2.05) is 0 Å². The summed E-state index contributed by atoms with van der Waals surface area (Å²) in [4.78, 5) is 11.8. The van der Waals surface area contributed by atoms with Gasteiger partial charge in [0.2, 0.25) is 0 Å². The van der Waals surface area contributed by atoms with Crippen LogP contribution in [-0.4, -0.2) is 30.1 Å². The molecule has 0 saturated heterocycles. The number of ether oxygens (including phenoxy) is 1. The third kappa shape index (κ3) is 6.35. The minimum Gasteiger partial charge on any atom is -0.406 e. The summed E-state index contributed by atoms with van der Waals surface area (Å²) in [5.74, 6) is -0.185. The molecule has 1 aromatic carbocycles. The number of hydrogen-bond acceptors (Lipinski definition) is 3. The van der Waals surface area contributed by atoms with Gasteiger partial charge in [-0.25, -0.2) is 4.79 Å². The number of anilines is 1. The van der Waals surface area contributed by atoms with Gasteiger partial charge in [0.25, 0.3) is 0 Å². The van der Waals surface area contributed by atoms with E-state index in [0.29, 0.717) is 13.0 Å². The molecule has 2 amide bonds. The first-order valence-electron chi connectivity index (χ1n) is 7.40. The number of aliphatic hydroxyl groups excluding tert-OH is 1. The van der Waals surface area contributed by atoms with Crippen molar-refractivity contribution in [2.75, 3.05) is 11.9 Å². The van der Waals surface area contributed by atoms with Crippen molar-refractivity contribution < 1.29 is 27.8 Å². The molecule has 128 valence electrons. The van der Waals surface area contributed by atoms with Gasteiger partial charge in [-0.2, -0.15) is 0 Å². The van der Waals surface area contributed by atoms with Crippen LogP contribution in [0.4, 0.5) is 23.7 Å². The molecule has 1 aliphatic rings. The van der Waals surface area contributed by atoms with Crippen LogP contribution in [-0.2, 0) is 0 Å². The third-order valence-electron chi connectivity index (χ3n) is 3.63. The van der Waals surface area contributed by atoms with Crippen LogP contribution in [0.1, 0.15) is 25.7 Å². The van der Waals surface area contributed by atoms with Gasteiger partial charge in [-0.15, -0.1) is 13.2 Å². The molecule has 2 unspecified atom stereocenters. The molecule has 0 spiro atoms. The lowest BCUT2D eigenvalue weighted by Crippen LogP contribution is -2.35. The summed E-state index contributed by atoms with van der Waals surface area (Å²) >= 11 is 0. The topological polar surface area (TPSA) is 70.6 Å². The first-order valence-corrected chi connectivity index (χ1v) is 7.40. The summed E-state index contributed by atoms with van der Waals surface area (Å²) in [7, 11) is 0. The second-order valence-electron chi connectivity index (χ2n) is 5.60. The predicted octanol–water partition coefficient (Wildman–Crippen LogP) is 3.26. The number of alkyl halides is 3. The minimum absolute atomic E-state index is 0.202. The summed E-state index contributed by atoms with van der Waals surface area (Å²) < 4.78 is 40.2. The standard InChI is InChI=1S/C15H19F3N2O3/c16-15(17,18)23-13-6-2-4-11(8-13)20-14(22)19-9-10-3-1-5-12(21)7-10/h2,4,6,8,10,12,21H,1,3,5,7,9H2,(H2,19,20,22). The summed E-state index contributed by atoms with van der Waals surface area (Å²) in [5.41, 5.74) is 0.202.